The molecule has 2 heteroatoms. The van der Waals surface area contributed by atoms with Gasteiger partial charge in [-0.15, -0.1) is 0 Å². The van der Waals surface area contributed by atoms with Gasteiger partial charge in [-0.2, -0.15) is 0 Å². The minimum atomic E-state index is 0.568. The number of hydrogen-bond donors (Lipinski definition) is 1. The fourth-order valence-electron chi connectivity index (χ4n) is 2.88. The van der Waals surface area contributed by atoms with Gasteiger partial charge >= 0.3 is 0 Å². The van der Waals surface area contributed by atoms with E-state index in [4.69, 9.17) is 0 Å². The van der Waals surface area contributed by atoms with E-state index in [1.165, 1.54) is 55.6 Å². The first-order chi connectivity index (χ1) is 9.16. The molecule has 2 rings (SSSR count). The standard InChI is InChI=1S/C17H28N2/c1-14-8-7-9-17(16(14)3)12-18-15(2)13-19-10-5-4-6-11-19/h7-9,15,18H,4-6,10-13H2,1-3H3. The van der Waals surface area contributed by atoms with Gasteiger partial charge in [0.25, 0.3) is 0 Å². The number of piperidine rings is 1. The minimum absolute atomic E-state index is 0.568. The van der Waals surface area contributed by atoms with Gasteiger partial charge in [0.05, 0.1) is 0 Å². The van der Waals surface area contributed by atoms with E-state index in [-0.39, 0.29) is 0 Å². The lowest BCUT2D eigenvalue weighted by Gasteiger charge is -2.29. The third-order valence-electron chi connectivity index (χ3n) is 4.34. The molecule has 106 valence electrons. The van der Waals surface area contributed by atoms with E-state index in [0.717, 1.165) is 6.54 Å². The first kappa shape index (κ1) is 14.5. The molecule has 0 aliphatic carbocycles. The molecule has 1 aromatic rings. The lowest BCUT2D eigenvalue weighted by Crippen LogP contribution is -2.41. The number of hydrogen-bond acceptors (Lipinski definition) is 2. The van der Waals surface area contributed by atoms with Crippen LogP contribution in [0.25, 0.3) is 0 Å². The van der Waals surface area contributed by atoms with Crippen LogP contribution in [-0.4, -0.2) is 30.6 Å². The summed E-state index contributed by atoms with van der Waals surface area (Å²) in [6.07, 6.45) is 4.17. The molecule has 0 spiro atoms. The Hall–Kier alpha value is -0.860. The van der Waals surface area contributed by atoms with Crippen molar-refractivity contribution in [1.82, 2.24) is 10.2 Å². The number of nitrogens with one attached hydrogen (secondary N) is 1. The van der Waals surface area contributed by atoms with Crippen LogP contribution in [0.1, 0.15) is 42.9 Å². The highest BCUT2D eigenvalue weighted by Crippen LogP contribution is 2.13. The van der Waals surface area contributed by atoms with Crippen LogP contribution in [0.15, 0.2) is 18.2 Å². The minimum Gasteiger partial charge on any atom is -0.309 e. The lowest BCUT2D eigenvalue weighted by atomic mass is 10.0. The summed E-state index contributed by atoms with van der Waals surface area (Å²) in [5.74, 6) is 0. The molecule has 1 saturated heterocycles. The zero-order chi connectivity index (χ0) is 13.7. The Kier molecular flexibility index (Phi) is 5.41. The molecule has 0 bridgehead atoms. The van der Waals surface area contributed by atoms with E-state index in [9.17, 15) is 0 Å². The molecule has 1 fully saturated rings. The van der Waals surface area contributed by atoms with Crippen LogP contribution in [0.3, 0.4) is 0 Å². The topological polar surface area (TPSA) is 15.3 Å². The molecule has 1 heterocycles. The van der Waals surface area contributed by atoms with Crippen molar-refractivity contribution in [2.24, 2.45) is 0 Å². The second-order valence-corrected chi connectivity index (χ2v) is 6.00. The van der Waals surface area contributed by atoms with Gasteiger partial charge in [-0.3, -0.25) is 0 Å². The number of aryl methyl sites for hydroxylation is 1. The van der Waals surface area contributed by atoms with Crippen LogP contribution in [-0.2, 0) is 6.54 Å². The van der Waals surface area contributed by atoms with Crippen LogP contribution >= 0.6 is 0 Å². The van der Waals surface area contributed by atoms with Gasteiger partial charge in [-0.1, -0.05) is 24.6 Å². The molecule has 0 aromatic heterocycles. The van der Waals surface area contributed by atoms with E-state index in [1.807, 2.05) is 0 Å². The van der Waals surface area contributed by atoms with Crippen molar-refractivity contribution in [3.05, 3.63) is 34.9 Å². The first-order valence-corrected chi connectivity index (χ1v) is 7.67. The third kappa shape index (κ3) is 4.32. The van der Waals surface area contributed by atoms with Crippen molar-refractivity contribution in [1.29, 1.82) is 0 Å². The molecule has 19 heavy (non-hydrogen) atoms. The number of rotatable bonds is 5. The zero-order valence-electron chi connectivity index (χ0n) is 12.7. The van der Waals surface area contributed by atoms with Crippen LogP contribution in [0.5, 0.6) is 0 Å². The van der Waals surface area contributed by atoms with Crippen molar-refractivity contribution in [3.8, 4) is 0 Å². The summed E-state index contributed by atoms with van der Waals surface area (Å²) in [6.45, 7) is 11.5. The Bertz CT molecular complexity index is 394. The monoisotopic (exact) mass is 260 g/mol. The van der Waals surface area contributed by atoms with Crippen LogP contribution in [0.2, 0.25) is 0 Å². The van der Waals surface area contributed by atoms with Gasteiger partial charge in [0.2, 0.25) is 0 Å². The predicted octanol–water partition coefficient (Wildman–Crippen LogP) is 3.27. The third-order valence-corrected chi connectivity index (χ3v) is 4.34. The van der Waals surface area contributed by atoms with Crippen molar-refractivity contribution in [2.45, 2.75) is 52.6 Å². The largest absolute Gasteiger partial charge is 0.309 e. The molecule has 1 aromatic carbocycles. The van der Waals surface area contributed by atoms with Gasteiger partial charge < -0.3 is 10.2 Å². The van der Waals surface area contributed by atoms with Gasteiger partial charge in [0.1, 0.15) is 0 Å². The van der Waals surface area contributed by atoms with E-state index in [2.05, 4.69) is 49.2 Å². The quantitative estimate of drug-likeness (QED) is 0.874. The smallest absolute Gasteiger partial charge is 0.0211 e. The predicted molar refractivity (Wildman–Crippen MR) is 82.5 cm³/mol. The highest BCUT2D eigenvalue weighted by molar-refractivity contribution is 5.32. The molecule has 1 unspecified atom stereocenters. The van der Waals surface area contributed by atoms with Crippen molar-refractivity contribution in [3.63, 3.8) is 0 Å². The summed E-state index contributed by atoms with van der Waals surface area (Å²) in [7, 11) is 0. The van der Waals surface area contributed by atoms with Crippen molar-refractivity contribution >= 4 is 0 Å². The SMILES string of the molecule is Cc1cccc(CNC(C)CN2CCCCC2)c1C. The van der Waals surface area contributed by atoms with E-state index >= 15 is 0 Å². The number of nitrogens with zero attached hydrogens (tertiary/aromatic N) is 1. The van der Waals surface area contributed by atoms with Gasteiger partial charge in [-0.05, 0) is 63.4 Å². The van der Waals surface area contributed by atoms with Gasteiger partial charge in [-0.25, -0.2) is 0 Å². The van der Waals surface area contributed by atoms with Crippen LogP contribution in [0, 0.1) is 13.8 Å². The fraction of sp³-hybridized carbons (Fsp3) is 0.647. The molecular weight excluding hydrogens is 232 g/mol. The maximum absolute atomic E-state index is 3.67. The molecule has 1 aliphatic heterocycles. The Labute approximate surface area is 118 Å². The normalized spacial score (nSPS) is 18.5. The Morgan fingerprint density at radius 3 is 2.63 bits per heavy atom. The molecular formula is C17H28N2. The molecule has 0 radical (unpaired) electrons. The summed E-state index contributed by atoms with van der Waals surface area (Å²) in [6, 6.07) is 7.16. The highest BCUT2D eigenvalue weighted by atomic mass is 15.1. The summed E-state index contributed by atoms with van der Waals surface area (Å²) >= 11 is 0. The zero-order valence-corrected chi connectivity index (χ0v) is 12.7. The summed E-state index contributed by atoms with van der Waals surface area (Å²) in [5, 5.41) is 3.67. The second kappa shape index (κ2) is 7.06. The summed E-state index contributed by atoms with van der Waals surface area (Å²) in [5.41, 5.74) is 4.26. The Morgan fingerprint density at radius 2 is 1.89 bits per heavy atom. The fourth-order valence-corrected chi connectivity index (χ4v) is 2.88. The van der Waals surface area contributed by atoms with Crippen LogP contribution in [0.4, 0.5) is 0 Å². The summed E-state index contributed by atoms with van der Waals surface area (Å²) < 4.78 is 0. The van der Waals surface area contributed by atoms with Crippen LogP contribution < -0.4 is 5.32 Å². The van der Waals surface area contributed by atoms with E-state index in [0.29, 0.717) is 6.04 Å². The van der Waals surface area contributed by atoms with Gasteiger partial charge in [0, 0.05) is 19.1 Å². The first-order valence-electron chi connectivity index (χ1n) is 7.67. The second-order valence-electron chi connectivity index (χ2n) is 6.00. The van der Waals surface area contributed by atoms with Crippen molar-refractivity contribution in [2.75, 3.05) is 19.6 Å². The maximum atomic E-state index is 3.67. The number of benzene rings is 1. The Balaban J connectivity index is 1.79. The summed E-state index contributed by atoms with van der Waals surface area (Å²) in [4.78, 5) is 2.60. The molecule has 2 nitrogen and oxygen atoms in total. The number of likely N-dealkylation sites (tertiary alicyclic amines) is 1. The van der Waals surface area contributed by atoms with E-state index in [1.54, 1.807) is 0 Å². The molecule has 1 N–H and O–H groups in total. The van der Waals surface area contributed by atoms with Gasteiger partial charge in [0.15, 0.2) is 0 Å². The lowest BCUT2D eigenvalue weighted by molar-refractivity contribution is 0.209. The molecule has 0 saturated carbocycles. The molecule has 1 atom stereocenters. The van der Waals surface area contributed by atoms with E-state index < -0.39 is 0 Å². The maximum Gasteiger partial charge on any atom is 0.0211 e. The molecule has 0 amide bonds. The Morgan fingerprint density at radius 1 is 1.16 bits per heavy atom. The van der Waals surface area contributed by atoms with Crippen molar-refractivity contribution < 1.29 is 0 Å². The average Bonchev–Trinajstić information content (AvgIpc) is 2.42. The average molecular weight is 260 g/mol. The molecule has 1 aliphatic rings. The highest BCUT2D eigenvalue weighted by Gasteiger charge is 2.13.